The Balaban J connectivity index is 2.05. The summed E-state index contributed by atoms with van der Waals surface area (Å²) >= 11 is 0. The molecule has 0 spiro atoms. The highest BCUT2D eigenvalue weighted by molar-refractivity contribution is 5.33. The number of benzene rings is 1. The van der Waals surface area contributed by atoms with Gasteiger partial charge < -0.3 is 9.84 Å². The molecule has 100 valence electrons. The van der Waals surface area contributed by atoms with Gasteiger partial charge in [0.2, 0.25) is 0 Å². The molecule has 1 aromatic carbocycles. The summed E-state index contributed by atoms with van der Waals surface area (Å²) in [5.74, 6) is -0.777. The number of phenolic OH excluding ortho intramolecular Hbond substituents is 1. The van der Waals surface area contributed by atoms with E-state index in [1.165, 1.54) is 6.07 Å². The molecular weight excluding hydrogens is 233 g/mol. The van der Waals surface area contributed by atoms with Crippen LogP contribution in [0.1, 0.15) is 25.3 Å². The van der Waals surface area contributed by atoms with Crippen LogP contribution in [0.15, 0.2) is 18.2 Å². The molecule has 0 bridgehead atoms. The van der Waals surface area contributed by atoms with Crippen molar-refractivity contribution in [2.24, 2.45) is 0 Å². The number of aromatic hydroxyl groups is 1. The summed E-state index contributed by atoms with van der Waals surface area (Å²) in [5, 5.41) is 9.69. The van der Waals surface area contributed by atoms with E-state index in [1.54, 1.807) is 12.1 Å². The molecular formula is C14H20FNO2. The lowest BCUT2D eigenvalue weighted by molar-refractivity contribution is 0.0509. The molecule has 0 saturated carbocycles. The number of ether oxygens (including phenoxy) is 1. The topological polar surface area (TPSA) is 32.7 Å². The molecule has 1 unspecified atom stereocenters. The van der Waals surface area contributed by atoms with Crippen molar-refractivity contribution in [3.63, 3.8) is 0 Å². The summed E-state index contributed by atoms with van der Waals surface area (Å²) in [6, 6.07) is 4.68. The van der Waals surface area contributed by atoms with E-state index in [2.05, 4.69) is 11.8 Å². The van der Waals surface area contributed by atoms with Gasteiger partial charge in [-0.3, -0.25) is 4.90 Å². The number of phenols is 1. The summed E-state index contributed by atoms with van der Waals surface area (Å²) in [7, 11) is 0. The lowest BCUT2D eigenvalue weighted by atomic mass is 10.1. The number of rotatable bonds is 3. The maximum atomic E-state index is 13.3. The zero-order valence-electron chi connectivity index (χ0n) is 10.7. The van der Waals surface area contributed by atoms with Crippen molar-refractivity contribution in [1.29, 1.82) is 0 Å². The normalized spacial score (nSPS) is 21.8. The van der Waals surface area contributed by atoms with Gasteiger partial charge in [-0.15, -0.1) is 0 Å². The van der Waals surface area contributed by atoms with Gasteiger partial charge in [-0.1, -0.05) is 19.1 Å². The first-order chi connectivity index (χ1) is 8.70. The summed E-state index contributed by atoms with van der Waals surface area (Å²) in [5.41, 5.74) is 0.645. The minimum atomic E-state index is -0.550. The molecule has 1 fully saturated rings. The van der Waals surface area contributed by atoms with Crippen LogP contribution in [0.3, 0.4) is 0 Å². The predicted molar refractivity (Wildman–Crippen MR) is 68.0 cm³/mol. The van der Waals surface area contributed by atoms with Gasteiger partial charge in [-0.25, -0.2) is 4.39 Å². The Labute approximate surface area is 107 Å². The average molecular weight is 253 g/mol. The van der Waals surface area contributed by atoms with Gasteiger partial charge in [0.1, 0.15) is 0 Å². The summed E-state index contributed by atoms with van der Waals surface area (Å²) in [6.07, 6.45) is 2.20. The SMILES string of the molecule is CCC1CN(Cc2cccc(F)c2O)CCCO1. The summed E-state index contributed by atoms with van der Waals surface area (Å²) in [6.45, 7) is 5.22. The van der Waals surface area contributed by atoms with Crippen LogP contribution in [0.4, 0.5) is 4.39 Å². The zero-order chi connectivity index (χ0) is 13.0. The molecule has 0 radical (unpaired) electrons. The third-order valence-electron chi connectivity index (χ3n) is 3.35. The lowest BCUT2D eigenvalue weighted by Crippen LogP contribution is -2.31. The predicted octanol–water partition coefficient (Wildman–Crippen LogP) is 2.53. The van der Waals surface area contributed by atoms with Crippen LogP contribution >= 0.6 is 0 Å². The number of para-hydroxylation sites is 1. The Kier molecular flexibility index (Phi) is 4.55. The maximum Gasteiger partial charge on any atom is 0.165 e. The average Bonchev–Trinajstić information content (AvgIpc) is 2.60. The second-order valence-corrected chi connectivity index (χ2v) is 4.74. The molecule has 18 heavy (non-hydrogen) atoms. The second-order valence-electron chi connectivity index (χ2n) is 4.74. The Morgan fingerprint density at radius 2 is 2.33 bits per heavy atom. The Bertz CT molecular complexity index is 397. The first kappa shape index (κ1) is 13.3. The van der Waals surface area contributed by atoms with Gasteiger partial charge in [-0.05, 0) is 18.9 Å². The summed E-state index contributed by atoms with van der Waals surface area (Å²) < 4.78 is 19.0. The van der Waals surface area contributed by atoms with E-state index in [0.717, 1.165) is 32.5 Å². The van der Waals surface area contributed by atoms with Crippen LogP contribution in [0.2, 0.25) is 0 Å². The van der Waals surface area contributed by atoms with Crippen LogP contribution in [-0.2, 0) is 11.3 Å². The molecule has 4 heteroatoms. The molecule has 1 saturated heterocycles. The lowest BCUT2D eigenvalue weighted by Gasteiger charge is -2.23. The van der Waals surface area contributed by atoms with Crippen LogP contribution < -0.4 is 0 Å². The van der Waals surface area contributed by atoms with Gasteiger partial charge in [-0.2, -0.15) is 0 Å². The van der Waals surface area contributed by atoms with E-state index in [1.807, 2.05) is 0 Å². The highest BCUT2D eigenvalue weighted by Gasteiger charge is 2.18. The smallest absolute Gasteiger partial charge is 0.165 e. The fourth-order valence-electron chi connectivity index (χ4n) is 2.29. The maximum absolute atomic E-state index is 13.3. The Hall–Kier alpha value is -1.13. The van der Waals surface area contributed by atoms with E-state index in [9.17, 15) is 9.50 Å². The molecule has 1 N–H and O–H groups in total. The third kappa shape index (κ3) is 3.21. The number of hydrogen-bond acceptors (Lipinski definition) is 3. The molecule has 3 nitrogen and oxygen atoms in total. The van der Waals surface area contributed by atoms with Gasteiger partial charge in [0, 0.05) is 31.8 Å². The van der Waals surface area contributed by atoms with E-state index in [4.69, 9.17) is 4.74 Å². The number of hydrogen-bond donors (Lipinski definition) is 1. The van der Waals surface area contributed by atoms with E-state index in [0.29, 0.717) is 12.1 Å². The summed E-state index contributed by atoms with van der Waals surface area (Å²) in [4.78, 5) is 2.22. The molecule has 1 atom stereocenters. The monoisotopic (exact) mass is 253 g/mol. The third-order valence-corrected chi connectivity index (χ3v) is 3.35. The van der Waals surface area contributed by atoms with E-state index in [-0.39, 0.29) is 11.9 Å². The van der Waals surface area contributed by atoms with Crippen molar-refractivity contribution in [1.82, 2.24) is 4.90 Å². The molecule has 0 aliphatic carbocycles. The molecule has 0 aromatic heterocycles. The Morgan fingerprint density at radius 1 is 1.50 bits per heavy atom. The molecule has 1 aliphatic rings. The van der Waals surface area contributed by atoms with Crippen LogP contribution in [0, 0.1) is 5.82 Å². The highest BCUT2D eigenvalue weighted by atomic mass is 19.1. The van der Waals surface area contributed by atoms with Crippen molar-refractivity contribution in [2.75, 3.05) is 19.7 Å². The van der Waals surface area contributed by atoms with Crippen molar-refractivity contribution in [3.8, 4) is 5.75 Å². The number of halogens is 1. The molecule has 2 rings (SSSR count). The fraction of sp³-hybridized carbons (Fsp3) is 0.571. The minimum absolute atomic E-state index is 0.226. The largest absolute Gasteiger partial charge is 0.505 e. The van der Waals surface area contributed by atoms with Crippen molar-refractivity contribution in [2.45, 2.75) is 32.4 Å². The first-order valence-corrected chi connectivity index (χ1v) is 6.51. The fourth-order valence-corrected chi connectivity index (χ4v) is 2.29. The van der Waals surface area contributed by atoms with Crippen molar-refractivity contribution < 1.29 is 14.2 Å². The van der Waals surface area contributed by atoms with Crippen molar-refractivity contribution in [3.05, 3.63) is 29.6 Å². The molecule has 0 amide bonds. The van der Waals surface area contributed by atoms with Crippen LogP contribution in [0.5, 0.6) is 5.75 Å². The van der Waals surface area contributed by atoms with Crippen molar-refractivity contribution >= 4 is 0 Å². The highest BCUT2D eigenvalue weighted by Crippen LogP contribution is 2.23. The van der Waals surface area contributed by atoms with Gasteiger partial charge in [0.05, 0.1) is 6.10 Å². The molecule has 1 heterocycles. The molecule has 1 aliphatic heterocycles. The standard InChI is InChI=1S/C14H20FNO2/c1-2-12-10-16(7-4-8-18-12)9-11-5-3-6-13(15)14(11)17/h3,5-6,12,17H,2,4,7-10H2,1H3. The van der Waals surface area contributed by atoms with Crippen LogP contribution in [0.25, 0.3) is 0 Å². The van der Waals surface area contributed by atoms with Gasteiger partial charge >= 0.3 is 0 Å². The van der Waals surface area contributed by atoms with Gasteiger partial charge in [0.15, 0.2) is 11.6 Å². The first-order valence-electron chi connectivity index (χ1n) is 6.51. The number of nitrogens with zero attached hydrogens (tertiary/aromatic N) is 1. The van der Waals surface area contributed by atoms with E-state index < -0.39 is 5.82 Å². The Morgan fingerprint density at radius 3 is 3.11 bits per heavy atom. The molecule has 1 aromatic rings. The zero-order valence-corrected chi connectivity index (χ0v) is 10.7. The van der Waals surface area contributed by atoms with Gasteiger partial charge in [0.25, 0.3) is 0 Å². The van der Waals surface area contributed by atoms with E-state index >= 15 is 0 Å². The minimum Gasteiger partial charge on any atom is -0.505 e. The quantitative estimate of drug-likeness (QED) is 0.898. The van der Waals surface area contributed by atoms with Crippen LogP contribution in [-0.4, -0.2) is 35.8 Å². The second kappa shape index (κ2) is 6.16.